The number of hydrogen-bond acceptors (Lipinski definition) is 2. The van der Waals surface area contributed by atoms with Crippen LogP contribution >= 0.6 is 15.9 Å². The van der Waals surface area contributed by atoms with Crippen LogP contribution in [0.5, 0.6) is 0 Å². The first kappa shape index (κ1) is 11.1. The van der Waals surface area contributed by atoms with Crippen LogP contribution < -0.4 is 0 Å². The maximum Gasteiger partial charge on any atom is 0.303 e. The molecular weight excluding hydrogens is 272 g/mol. The molecule has 2 rings (SSSR count). The summed E-state index contributed by atoms with van der Waals surface area (Å²) in [5.41, 5.74) is 1.88. The second-order valence-corrected chi connectivity index (χ2v) is 4.51. The van der Waals surface area contributed by atoms with Gasteiger partial charge in [-0.15, -0.1) is 0 Å². The number of benzene rings is 1. The van der Waals surface area contributed by atoms with E-state index in [1.54, 1.807) is 0 Å². The largest absolute Gasteiger partial charge is 0.481 e. The van der Waals surface area contributed by atoms with Crippen molar-refractivity contribution < 1.29 is 9.90 Å². The van der Waals surface area contributed by atoms with Gasteiger partial charge in [0.1, 0.15) is 5.82 Å². The van der Waals surface area contributed by atoms with Gasteiger partial charge in [-0.25, -0.2) is 4.98 Å². The summed E-state index contributed by atoms with van der Waals surface area (Å²) in [6.07, 6.45) is 1.45. The van der Waals surface area contributed by atoms with E-state index in [1.807, 2.05) is 18.2 Å². The van der Waals surface area contributed by atoms with Gasteiger partial charge >= 0.3 is 5.97 Å². The molecule has 0 aliphatic heterocycles. The lowest BCUT2D eigenvalue weighted by atomic mass is 10.2. The minimum Gasteiger partial charge on any atom is -0.481 e. The molecule has 0 unspecified atom stereocenters. The van der Waals surface area contributed by atoms with Crippen LogP contribution in [-0.2, 0) is 11.2 Å². The first-order chi connectivity index (χ1) is 7.65. The standard InChI is InChI=1S/C11H11BrN2O2/c12-7-4-5-8-9(6-7)14-10(13-8)2-1-3-11(15)16/h4-6H,1-3H2,(H,13,14)(H,15,16). The lowest BCUT2D eigenvalue weighted by Crippen LogP contribution is -1.96. The quantitative estimate of drug-likeness (QED) is 0.906. The Balaban J connectivity index is 2.10. The predicted octanol–water partition coefficient (Wildman–Crippen LogP) is 2.73. The monoisotopic (exact) mass is 282 g/mol. The Morgan fingerprint density at radius 1 is 1.50 bits per heavy atom. The molecule has 0 spiro atoms. The van der Waals surface area contributed by atoms with Gasteiger partial charge < -0.3 is 10.1 Å². The number of imidazole rings is 1. The Bertz CT molecular complexity index is 522. The van der Waals surface area contributed by atoms with E-state index in [0.29, 0.717) is 12.8 Å². The number of aryl methyl sites for hydroxylation is 1. The fraction of sp³-hybridized carbons (Fsp3) is 0.273. The van der Waals surface area contributed by atoms with E-state index < -0.39 is 5.97 Å². The molecule has 5 heteroatoms. The normalized spacial score (nSPS) is 10.8. The highest BCUT2D eigenvalue weighted by molar-refractivity contribution is 9.10. The third-order valence-electron chi connectivity index (χ3n) is 2.30. The Morgan fingerprint density at radius 3 is 3.06 bits per heavy atom. The van der Waals surface area contributed by atoms with Gasteiger partial charge in [-0.05, 0) is 24.6 Å². The van der Waals surface area contributed by atoms with Gasteiger partial charge in [-0.2, -0.15) is 0 Å². The summed E-state index contributed by atoms with van der Waals surface area (Å²) in [5, 5.41) is 8.53. The summed E-state index contributed by atoms with van der Waals surface area (Å²) in [6.45, 7) is 0. The molecule has 0 atom stereocenters. The minimum atomic E-state index is -0.765. The number of halogens is 1. The van der Waals surface area contributed by atoms with E-state index in [2.05, 4.69) is 25.9 Å². The smallest absolute Gasteiger partial charge is 0.303 e. The molecule has 0 bridgehead atoms. The van der Waals surface area contributed by atoms with Crippen LogP contribution in [0, 0.1) is 0 Å². The van der Waals surface area contributed by atoms with Crippen molar-refractivity contribution in [1.29, 1.82) is 0 Å². The van der Waals surface area contributed by atoms with Crippen LogP contribution in [0.1, 0.15) is 18.7 Å². The topological polar surface area (TPSA) is 66.0 Å². The van der Waals surface area contributed by atoms with Crippen LogP contribution in [0.25, 0.3) is 11.0 Å². The fourth-order valence-corrected chi connectivity index (χ4v) is 1.92. The lowest BCUT2D eigenvalue weighted by molar-refractivity contribution is -0.137. The van der Waals surface area contributed by atoms with E-state index in [-0.39, 0.29) is 6.42 Å². The number of nitrogens with zero attached hydrogens (tertiary/aromatic N) is 1. The molecule has 1 aromatic carbocycles. The van der Waals surface area contributed by atoms with Crippen molar-refractivity contribution in [3.05, 3.63) is 28.5 Å². The number of carboxylic acid groups (broad SMARTS) is 1. The predicted molar refractivity (Wildman–Crippen MR) is 64.4 cm³/mol. The van der Waals surface area contributed by atoms with Crippen molar-refractivity contribution in [2.45, 2.75) is 19.3 Å². The summed E-state index contributed by atoms with van der Waals surface area (Å²) < 4.78 is 1.00. The molecule has 0 fully saturated rings. The van der Waals surface area contributed by atoms with Gasteiger partial charge in [-0.1, -0.05) is 15.9 Å². The van der Waals surface area contributed by atoms with E-state index in [9.17, 15) is 4.79 Å². The number of carbonyl (C=O) groups is 1. The molecule has 1 heterocycles. The third-order valence-corrected chi connectivity index (χ3v) is 2.79. The molecule has 0 amide bonds. The fourth-order valence-electron chi connectivity index (χ4n) is 1.56. The number of rotatable bonds is 4. The number of aromatic nitrogens is 2. The summed E-state index contributed by atoms with van der Waals surface area (Å²) in [7, 11) is 0. The maximum atomic E-state index is 10.4. The van der Waals surface area contributed by atoms with Crippen LogP contribution in [0.2, 0.25) is 0 Å². The molecule has 0 saturated carbocycles. The van der Waals surface area contributed by atoms with Crippen LogP contribution in [0.15, 0.2) is 22.7 Å². The Kier molecular flexibility index (Phi) is 3.24. The number of hydrogen-bond donors (Lipinski definition) is 2. The number of fused-ring (bicyclic) bond motifs is 1. The summed E-state index contributed by atoms with van der Waals surface area (Å²) >= 11 is 3.39. The zero-order valence-electron chi connectivity index (χ0n) is 8.53. The molecule has 2 aromatic rings. The number of aliphatic carboxylic acids is 1. The van der Waals surface area contributed by atoms with E-state index in [4.69, 9.17) is 5.11 Å². The minimum absolute atomic E-state index is 0.181. The number of H-pyrrole nitrogens is 1. The van der Waals surface area contributed by atoms with Gasteiger partial charge in [0.05, 0.1) is 11.0 Å². The zero-order valence-corrected chi connectivity index (χ0v) is 10.1. The number of carboxylic acids is 1. The van der Waals surface area contributed by atoms with Gasteiger partial charge in [-0.3, -0.25) is 4.79 Å². The number of aromatic amines is 1. The van der Waals surface area contributed by atoms with Crippen molar-refractivity contribution in [3.63, 3.8) is 0 Å². The first-order valence-electron chi connectivity index (χ1n) is 5.01. The Hall–Kier alpha value is -1.36. The van der Waals surface area contributed by atoms with Crippen molar-refractivity contribution in [1.82, 2.24) is 9.97 Å². The average molecular weight is 283 g/mol. The Labute approximate surface area is 101 Å². The van der Waals surface area contributed by atoms with Crippen molar-refractivity contribution in [3.8, 4) is 0 Å². The highest BCUT2D eigenvalue weighted by Gasteiger charge is 2.04. The van der Waals surface area contributed by atoms with Crippen LogP contribution in [0.3, 0.4) is 0 Å². The molecule has 4 nitrogen and oxygen atoms in total. The lowest BCUT2D eigenvalue weighted by Gasteiger charge is -1.92. The highest BCUT2D eigenvalue weighted by atomic mass is 79.9. The third kappa shape index (κ3) is 2.61. The molecule has 0 radical (unpaired) electrons. The molecule has 2 N–H and O–H groups in total. The van der Waals surface area contributed by atoms with Gasteiger partial charge in [0.2, 0.25) is 0 Å². The molecular formula is C11H11BrN2O2. The summed E-state index contributed by atoms with van der Waals surface area (Å²) in [4.78, 5) is 17.9. The van der Waals surface area contributed by atoms with Crippen LogP contribution in [-0.4, -0.2) is 21.0 Å². The average Bonchev–Trinajstić information content (AvgIpc) is 2.58. The first-order valence-corrected chi connectivity index (χ1v) is 5.80. The van der Waals surface area contributed by atoms with E-state index in [0.717, 1.165) is 21.3 Å². The second kappa shape index (κ2) is 4.65. The molecule has 0 aliphatic rings. The van der Waals surface area contributed by atoms with E-state index in [1.165, 1.54) is 0 Å². The summed E-state index contributed by atoms with van der Waals surface area (Å²) in [5.74, 6) is 0.0770. The SMILES string of the molecule is O=C(O)CCCc1nc2ccc(Br)cc2[nH]1. The van der Waals surface area contributed by atoms with Gasteiger partial charge in [0.15, 0.2) is 0 Å². The summed E-state index contributed by atoms with van der Waals surface area (Å²) in [6, 6.07) is 5.82. The van der Waals surface area contributed by atoms with E-state index >= 15 is 0 Å². The van der Waals surface area contributed by atoms with Gasteiger partial charge in [0, 0.05) is 17.3 Å². The molecule has 16 heavy (non-hydrogen) atoms. The van der Waals surface area contributed by atoms with Crippen LogP contribution in [0.4, 0.5) is 0 Å². The molecule has 0 saturated heterocycles. The maximum absolute atomic E-state index is 10.4. The zero-order chi connectivity index (χ0) is 11.5. The van der Waals surface area contributed by atoms with Crippen molar-refractivity contribution >= 4 is 32.9 Å². The molecule has 1 aromatic heterocycles. The van der Waals surface area contributed by atoms with Crippen molar-refractivity contribution in [2.75, 3.05) is 0 Å². The highest BCUT2D eigenvalue weighted by Crippen LogP contribution is 2.18. The number of nitrogens with one attached hydrogen (secondary N) is 1. The second-order valence-electron chi connectivity index (χ2n) is 3.59. The molecule has 0 aliphatic carbocycles. The Morgan fingerprint density at radius 2 is 2.31 bits per heavy atom. The van der Waals surface area contributed by atoms with Crippen molar-refractivity contribution in [2.24, 2.45) is 0 Å². The van der Waals surface area contributed by atoms with Gasteiger partial charge in [0.25, 0.3) is 0 Å². The molecule has 84 valence electrons.